The number of phenols is 2. The number of para-hydroxylation sites is 1. The van der Waals surface area contributed by atoms with Crippen LogP contribution in [0.2, 0.25) is 0 Å². The molecule has 1 atom stereocenters. The summed E-state index contributed by atoms with van der Waals surface area (Å²) in [6.45, 7) is 0.385. The molecule has 5 heteroatoms. The third kappa shape index (κ3) is 2.98. The zero-order chi connectivity index (χ0) is 13.8. The van der Waals surface area contributed by atoms with Gasteiger partial charge in [0.2, 0.25) is 0 Å². The molecule has 104 valence electrons. The van der Waals surface area contributed by atoms with Gasteiger partial charge in [-0.15, -0.1) is 0 Å². The minimum absolute atomic E-state index is 0.0725. The maximum absolute atomic E-state index is 12.1. The van der Waals surface area contributed by atoms with Gasteiger partial charge >= 0.3 is 0 Å². The quantitative estimate of drug-likeness (QED) is 0.617. The van der Waals surface area contributed by atoms with Gasteiger partial charge in [-0.2, -0.15) is 0 Å². The van der Waals surface area contributed by atoms with Gasteiger partial charge in [-0.25, -0.2) is 0 Å². The number of nitrogens with one attached hydrogen (secondary N) is 1. The second-order valence-electron chi connectivity index (χ2n) is 5.03. The van der Waals surface area contributed by atoms with Crippen molar-refractivity contribution in [2.75, 3.05) is 6.54 Å². The van der Waals surface area contributed by atoms with Crippen molar-refractivity contribution >= 4 is 5.91 Å². The topological polar surface area (TPSA) is 95.6 Å². The van der Waals surface area contributed by atoms with E-state index in [0.717, 1.165) is 12.8 Å². The number of phenolic OH excluding ortho intramolecular Hbond substituents is 2. The van der Waals surface area contributed by atoms with Crippen LogP contribution in [0, 0.1) is 5.92 Å². The molecule has 1 fully saturated rings. The van der Waals surface area contributed by atoms with E-state index in [1.165, 1.54) is 31.0 Å². The van der Waals surface area contributed by atoms with E-state index in [2.05, 4.69) is 5.32 Å². The van der Waals surface area contributed by atoms with Crippen LogP contribution in [0.1, 0.15) is 36.0 Å². The summed E-state index contributed by atoms with van der Waals surface area (Å²) < 4.78 is 0. The molecule has 0 aromatic heterocycles. The molecular formula is C14H20N2O3. The lowest BCUT2D eigenvalue weighted by Gasteiger charge is -2.23. The molecule has 0 spiro atoms. The first-order valence-electron chi connectivity index (χ1n) is 6.65. The van der Waals surface area contributed by atoms with E-state index >= 15 is 0 Å². The molecule has 1 amide bonds. The molecule has 1 saturated carbocycles. The number of aromatic hydroxyl groups is 2. The van der Waals surface area contributed by atoms with Crippen LogP contribution in [0.3, 0.4) is 0 Å². The predicted molar refractivity (Wildman–Crippen MR) is 72.0 cm³/mol. The molecule has 1 aliphatic carbocycles. The molecule has 2 rings (SSSR count). The van der Waals surface area contributed by atoms with Crippen LogP contribution in [-0.2, 0) is 0 Å². The summed E-state index contributed by atoms with van der Waals surface area (Å²) in [6.07, 6.45) is 4.51. The summed E-state index contributed by atoms with van der Waals surface area (Å²) in [5.41, 5.74) is 5.80. The van der Waals surface area contributed by atoms with E-state index in [1.54, 1.807) is 0 Å². The minimum atomic E-state index is -0.393. The van der Waals surface area contributed by atoms with Gasteiger partial charge in [-0.05, 0) is 30.9 Å². The first kappa shape index (κ1) is 13.7. The zero-order valence-corrected chi connectivity index (χ0v) is 10.8. The molecule has 19 heavy (non-hydrogen) atoms. The molecule has 1 aromatic rings. The van der Waals surface area contributed by atoms with Crippen LogP contribution in [0.5, 0.6) is 11.5 Å². The van der Waals surface area contributed by atoms with E-state index < -0.39 is 5.91 Å². The standard InChI is InChI=1S/C14H20N2O3/c15-8-11(9-4-1-2-5-9)16-14(19)10-6-3-7-12(17)13(10)18/h3,6-7,9,11,17-18H,1-2,4-5,8,15H2,(H,16,19). The summed E-state index contributed by atoms with van der Waals surface area (Å²) in [7, 11) is 0. The van der Waals surface area contributed by atoms with Crippen LogP contribution < -0.4 is 11.1 Å². The largest absolute Gasteiger partial charge is 0.504 e. The van der Waals surface area contributed by atoms with E-state index in [4.69, 9.17) is 5.73 Å². The van der Waals surface area contributed by atoms with Crippen molar-refractivity contribution in [1.29, 1.82) is 0 Å². The predicted octanol–water partition coefficient (Wildman–Crippen LogP) is 1.35. The van der Waals surface area contributed by atoms with Crippen molar-refractivity contribution in [1.82, 2.24) is 5.32 Å². The third-order valence-electron chi connectivity index (χ3n) is 3.80. The molecule has 1 aliphatic rings. The zero-order valence-electron chi connectivity index (χ0n) is 10.8. The Morgan fingerprint density at radius 3 is 2.68 bits per heavy atom. The van der Waals surface area contributed by atoms with Gasteiger partial charge in [-0.3, -0.25) is 4.79 Å². The first-order chi connectivity index (χ1) is 9.13. The lowest BCUT2D eigenvalue weighted by molar-refractivity contribution is 0.0921. The van der Waals surface area contributed by atoms with Crippen LogP contribution in [0.4, 0.5) is 0 Å². The van der Waals surface area contributed by atoms with Gasteiger partial charge in [0.25, 0.3) is 5.91 Å². The normalized spacial score (nSPS) is 17.3. The molecule has 0 heterocycles. The number of benzene rings is 1. The molecule has 5 N–H and O–H groups in total. The van der Waals surface area contributed by atoms with E-state index in [0.29, 0.717) is 12.5 Å². The molecule has 1 aromatic carbocycles. The fourth-order valence-electron chi connectivity index (χ4n) is 2.69. The highest BCUT2D eigenvalue weighted by Gasteiger charge is 2.26. The number of carbonyl (C=O) groups excluding carboxylic acids is 1. The Morgan fingerprint density at radius 1 is 1.37 bits per heavy atom. The van der Waals surface area contributed by atoms with Gasteiger partial charge in [-0.1, -0.05) is 18.9 Å². The molecule has 0 radical (unpaired) electrons. The number of rotatable bonds is 4. The van der Waals surface area contributed by atoms with Crippen molar-refractivity contribution in [2.45, 2.75) is 31.7 Å². The van der Waals surface area contributed by atoms with Crippen molar-refractivity contribution < 1.29 is 15.0 Å². The monoisotopic (exact) mass is 264 g/mol. The number of carbonyl (C=O) groups is 1. The lowest BCUT2D eigenvalue weighted by atomic mass is 9.97. The Bertz CT molecular complexity index is 456. The average Bonchev–Trinajstić information content (AvgIpc) is 2.92. The Kier molecular flexibility index (Phi) is 4.27. The van der Waals surface area contributed by atoms with Gasteiger partial charge in [0.1, 0.15) is 0 Å². The molecule has 5 nitrogen and oxygen atoms in total. The fraction of sp³-hybridized carbons (Fsp3) is 0.500. The Morgan fingerprint density at radius 2 is 2.05 bits per heavy atom. The summed E-state index contributed by atoms with van der Waals surface area (Å²) in [6, 6.07) is 4.27. The first-order valence-corrected chi connectivity index (χ1v) is 6.65. The Balaban J connectivity index is 2.08. The van der Waals surface area contributed by atoms with Crippen LogP contribution in [0.15, 0.2) is 18.2 Å². The van der Waals surface area contributed by atoms with E-state index in [1.807, 2.05) is 0 Å². The summed E-state index contributed by atoms with van der Waals surface area (Å²) in [5.74, 6) is -0.663. The molecule has 0 saturated heterocycles. The van der Waals surface area contributed by atoms with Crippen LogP contribution in [-0.4, -0.2) is 28.7 Å². The number of hydrogen-bond acceptors (Lipinski definition) is 4. The molecule has 1 unspecified atom stereocenters. The van der Waals surface area contributed by atoms with Gasteiger partial charge in [0.15, 0.2) is 11.5 Å². The number of nitrogens with two attached hydrogens (primary N) is 1. The highest BCUT2D eigenvalue weighted by molar-refractivity contribution is 5.97. The van der Waals surface area contributed by atoms with Gasteiger partial charge in [0, 0.05) is 12.6 Å². The second kappa shape index (κ2) is 5.93. The number of amides is 1. The van der Waals surface area contributed by atoms with Gasteiger partial charge < -0.3 is 21.3 Å². The van der Waals surface area contributed by atoms with Crippen molar-refractivity contribution in [3.8, 4) is 11.5 Å². The van der Waals surface area contributed by atoms with Crippen molar-refractivity contribution in [3.63, 3.8) is 0 Å². The second-order valence-corrected chi connectivity index (χ2v) is 5.03. The van der Waals surface area contributed by atoms with Gasteiger partial charge in [0.05, 0.1) is 5.56 Å². The minimum Gasteiger partial charge on any atom is -0.504 e. The highest BCUT2D eigenvalue weighted by Crippen LogP contribution is 2.30. The lowest BCUT2D eigenvalue weighted by Crippen LogP contribution is -2.44. The molecular weight excluding hydrogens is 244 g/mol. The van der Waals surface area contributed by atoms with E-state index in [-0.39, 0.29) is 23.1 Å². The Hall–Kier alpha value is -1.75. The maximum atomic E-state index is 12.1. The molecule has 0 bridgehead atoms. The van der Waals surface area contributed by atoms with Crippen LogP contribution in [0.25, 0.3) is 0 Å². The fourth-order valence-corrected chi connectivity index (χ4v) is 2.69. The van der Waals surface area contributed by atoms with Crippen molar-refractivity contribution in [3.05, 3.63) is 23.8 Å². The van der Waals surface area contributed by atoms with Crippen molar-refractivity contribution in [2.24, 2.45) is 11.7 Å². The Labute approximate surface area is 112 Å². The summed E-state index contributed by atoms with van der Waals surface area (Å²) >= 11 is 0. The molecule has 0 aliphatic heterocycles. The maximum Gasteiger partial charge on any atom is 0.255 e. The average molecular weight is 264 g/mol. The SMILES string of the molecule is NCC(NC(=O)c1cccc(O)c1O)C1CCCC1. The highest BCUT2D eigenvalue weighted by atomic mass is 16.3. The number of hydrogen-bond donors (Lipinski definition) is 4. The van der Waals surface area contributed by atoms with E-state index in [9.17, 15) is 15.0 Å². The summed E-state index contributed by atoms with van der Waals surface area (Å²) in [4.78, 5) is 12.1. The third-order valence-corrected chi connectivity index (χ3v) is 3.80. The van der Waals surface area contributed by atoms with Crippen LogP contribution >= 0.6 is 0 Å². The smallest absolute Gasteiger partial charge is 0.255 e. The summed E-state index contributed by atoms with van der Waals surface area (Å²) in [5, 5.41) is 21.9.